The number of hydrogen-bond donors (Lipinski definition) is 3. The maximum absolute atomic E-state index is 11.7. The summed E-state index contributed by atoms with van der Waals surface area (Å²) in [5.74, 6) is 0.555. The Balaban J connectivity index is 2.80. The van der Waals surface area contributed by atoms with Crippen LogP contribution in [0.15, 0.2) is 6.20 Å². The number of carbonyl (C=O) groups is 1. The van der Waals surface area contributed by atoms with Gasteiger partial charge in [-0.1, -0.05) is 0 Å². The van der Waals surface area contributed by atoms with Gasteiger partial charge in [0, 0.05) is 25.4 Å². The van der Waals surface area contributed by atoms with Gasteiger partial charge in [-0.2, -0.15) is 4.98 Å². The molecular formula is C9H16N6O. The molecule has 0 atom stereocenters. The van der Waals surface area contributed by atoms with Crippen molar-refractivity contribution < 1.29 is 4.79 Å². The Morgan fingerprint density at radius 2 is 2.31 bits per heavy atom. The van der Waals surface area contributed by atoms with Gasteiger partial charge >= 0.3 is 6.03 Å². The monoisotopic (exact) mass is 224 g/mol. The molecule has 7 heteroatoms. The van der Waals surface area contributed by atoms with Gasteiger partial charge in [0.2, 0.25) is 5.95 Å². The van der Waals surface area contributed by atoms with Crippen LogP contribution in [-0.4, -0.2) is 34.6 Å². The van der Waals surface area contributed by atoms with Gasteiger partial charge in [-0.3, -0.25) is 10.3 Å². The Morgan fingerprint density at radius 1 is 1.62 bits per heavy atom. The quantitative estimate of drug-likeness (QED) is 0.644. The van der Waals surface area contributed by atoms with Crippen LogP contribution in [0.25, 0.3) is 0 Å². The predicted octanol–water partition coefficient (Wildman–Crippen LogP) is 0.355. The Kier molecular flexibility index (Phi) is 4.01. The minimum Gasteiger partial charge on any atom is -0.368 e. The van der Waals surface area contributed by atoms with Crippen LogP contribution >= 0.6 is 0 Å². The lowest BCUT2D eigenvalue weighted by molar-refractivity contribution is 0.195. The van der Waals surface area contributed by atoms with E-state index in [4.69, 9.17) is 5.73 Å². The second-order valence-electron chi connectivity index (χ2n) is 3.16. The highest BCUT2D eigenvalue weighted by Gasteiger charge is 2.12. The minimum absolute atomic E-state index is 0.133. The number of nitrogens with one attached hydrogen (secondary N) is 2. The van der Waals surface area contributed by atoms with Crippen LogP contribution in [0.1, 0.15) is 12.5 Å². The molecular weight excluding hydrogens is 208 g/mol. The van der Waals surface area contributed by atoms with Crippen LogP contribution in [0.5, 0.6) is 0 Å². The van der Waals surface area contributed by atoms with Gasteiger partial charge in [0.05, 0.1) is 0 Å². The molecule has 4 N–H and O–H groups in total. The number of aryl methyl sites for hydroxylation is 1. The summed E-state index contributed by atoms with van der Waals surface area (Å²) in [4.78, 5) is 19.5. The summed E-state index contributed by atoms with van der Waals surface area (Å²) in [5.41, 5.74) is 8.95. The molecule has 7 nitrogen and oxygen atoms in total. The highest BCUT2D eigenvalue weighted by molar-refractivity contribution is 5.88. The average molecular weight is 224 g/mol. The van der Waals surface area contributed by atoms with E-state index in [0.717, 1.165) is 5.56 Å². The lowest BCUT2D eigenvalue weighted by atomic mass is 10.3. The summed E-state index contributed by atoms with van der Waals surface area (Å²) in [6.07, 6.45) is 1.56. The number of nitrogen functional groups attached to an aromatic ring is 1. The molecule has 1 aromatic rings. The smallest absolute Gasteiger partial charge is 0.337 e. The first-order chi connectivity index (χ1) is 7.58. The summed E-state index contributed by atoms with van der Waals surface area (Å²) in [5, 5.41) is 4.06. The van der Waals surface area contributed by atoms with Crippen molar-refractivity contribution in [3.63, 3.8) is 0 Å². The van der Waals surface area contributed by atoms with Crippen molar-refractivity contribution >= 4 is 17.8 Å². The fourth-order valence-electron chi connectivity index (χ4n) is 1.15. The molecule has 0 aliphatic rings. The minimum atomic E-state index is -0.286. The van der Waals surface area contributed by atoms with Crippen LogP contribution in [0, 0.1) is 6.92 Å². The fraction of sp³-hybridized carbons (Fsp3) is 0.444. The van der Waals surface area contributed by atoms with Crippen molar-refractivity contribution in [2.24, 2.45) is 0 Å². The van der Waals surface area contributed by atoms with Crippen molar-refractivity contribution in [1.29, 1.82) is 0 Å². The summed E-state index contributed by atoms with van der Waals surface area (Å²) in [6, 6.07) is -0.286. The van der Waals surface area contributed by atoms with E-state index in [1.807, 2.05) is 6.92 Å². The normalized spacial score (nSPS) is 9.94. The zero-order chi connectivity index (χ0) is 12.1. The predicted molar refractivity (Wildman–Crippen MR) is 61.6 cm³/mol. The number of anilines is 2. The molecule has 0 aromatic carbocycles. The Hall–Kier alpha value is -1.89. The summed E-state index contributed by atoms with van der Waals surface area (Å²) < 4.78 is 0. The number of nitrogens with two attached hydrogens (primary N) is 1. The molecule has 0 bridgehead atoms. The van der Waals surface area contributed by atoms with E-state index in [2.05, 4.69) is 20.7 Å². The maximum Gasteiger partial charge on any atom is 0.337 e. The highest BCUT2D eigenvalue weighted by Crippen LogP contribution is 2.11. The Morgan fingerprint density at radius 3 is 2.88 bits per heavy atom. The van der Waals surface area contributed by atoms with E-state index in [1.165, 1.54) is 5.01 Å². The van der Waals surface area contributed by atoms with Crippen molar-refractivity contribution in [2.75, 3.05) is 24.6 Å². The molecule has 16 heavy (non-hydrogen) atoms. The van der Waals surface area contributed by atoms with Gasteiger partial charge < -0.3 is 5.73 Å². The van der Waals surface area contributed by atoms with Crippen molar-refractivity contribution in [2.45, 2.75) is 13.8 Å². The number of hydrazine groups is 1. The second-order valence-corrected chi connectivity index (χ2v) is 3.16. The molecule has 0 spiro atoms. The van der Waals surface area contributed by atoms with Gasteiger partial charge in [0.1, 0.15) is 5.82 Å². The topological polar surface area (TPSA) is 96.2 Å². The number of aromatic nitrogens is 2. The number of hydrogen-bond acceptors (Lipinski definition) is 5. The number of amides is 2. The van der Waals surface area contributed by atoms with E-state index in [0.29, 0.717) is 12.4 Å². The number of rotatable bonds is 3. The van der Waals surface area contributed by atoms with E-state index in [1.54, 1.807) is 20.2 Å². The molecule has 0 aliphatic carbocycles. The van der Waals surface area contributed by atoms with Crippen molar-refractivity contribution in [1.82, 2.24) is 20.4 Å². The highest BCUT2D eigenvalue weighted by atomic mass is 16.2. The van der Waals surface area contributed by atoms with Gasteiger partial charge in [0.25, 0.3) is 0 Å². The zero-order valence-electron chi connectivity index (χ0n) is 9.61. The molecule has 1 heterocycles. The zero-order valence-corrected chi connectivity index (χ0v) is 9.61. The molecule has 2 amide bonds. The van der Waals surface area contributed by atoms with Crippen LogP contribution in [0.3, 0.4) is 0 Å². The van der Waals surface area contributed by atoms with Crippen LogP contribution in [0.4, 0.5) is 16.6 Å². The molecule has 0 aliphatic heterocycles. The summed E-state index contributed by atoms with van der Waals surface area (Å²) in [7, 11) is 1.67. The summed E-state index contributed by atoms with van der Waals surface area (Å²) in [6.45, 7) is 4.20. The van der Waals surface area contributed by atoms with E-state index in [9.17, 15) is 4.79 Å². The third kappa shape index (κ3) is 2.80. The first-order valence-corrected chi connectivity index (χ1v) is 4.93. The molecule has 0 saturated heterocycles. The van der Waals surface area contributed by atoms with Crippen LogP contribution < -0.4 is 16.5 Å². The van der Waals surface area contributed by atoms with Gasteiger partial charge in [-0.05, 0) is 13.8 Å². The largest absolute Gasteiger partial charge is 0.368 e. The SMILES string of the molecule is CCN(NC)C(=O)Nc1nc(N)ncc1C. The molecule has 0 unspecified atom stereocenters. The standard InChI is InChI=1S/C9H16N6O/c1-4-15(11-3)9(16)14-7-6(2)5-12-8(10)13-7/h5,11H,4H2,1-3H3,(H3,10,12,13,14,16). The van der Waals surface area contributed by atoms with E-state index < -0.39 is 0 Å². The summed E-state index contributed by atoms with van der Waals surface area (Å²) >= 11 is 0. The number of carbonyl (C=O) groups excluding carboxylic acids is 1. The lowest BCUT2D eigenvalue weighted by Gasteiger charge is -2.19. The first-order valence-electron chi connectivity index (χ1n) is 4.93. The second kappa shape index (κ2) is 5.26. The van der Waals surface area contributed by atoms with Crippen molar-refractivity contribution in [3.8, 4) is 0 Å². The van der Waals surface area contributed by atoms with Crippen LogP contribution in [-0.2, 0) is 0 Å². The molecule has 0 fully saturated rings. The molecule has 88 valence electrons. The lowest BCUT2D eigenvalue weighted by Crippen LogP contribution is -2.43. The Bertz CT molecular complexity index is 376. The van der Waals surface area contributed by atoms with Crippen molar-refractivity contribution in [3.05, 3.63) is 11.8 Å². The van der Waals surface area contributed by atoms with Crippen LogP contribution in [0.2, 0.25) is 0 Å². The molecule has 1 rings (SSSR count). The van der Waals surface area contributed by atoms with Gasteiger partial charge in [-0.25, -0.2) is 15.2 Å². The molecule has 0 radical (unpaired) electrons. The van der Waals surface area contributed by atoms with E-state index >= 15 is 0 Å². The first kappa shape index (κ1) is 12.2. The fourth-order valence-corrected chi connectivity index (χ4v) is 1.15. The Labute approximate surface area is 94.0 Å². The number of urea groups is 1. The molecule has 1 aromatic heterocycles. The van der Waals surface area contributed by atoms with Gasteiger partial charge in [0.15, 0.2) is 0 Å². The maximum atomic E-state index is 11.7. The number of nitrogens with zero attached hydrogens (tertiary/aromatic N) is 3. The molecule has 0 saturated carbocycles. The van der Waals surface area contributed by atoms with E-state index in [-0.39, 0.29) is 12.0 Å². The average Bonchev–Trinajstić information content (AvgIpc) is 2.25. The van der Waals surface area contributed by atoms with Gasteiger partial charge in [-0.15, -0.1) is 0 Å². The third-order valence-corrected chi connectivity index (χ3v) is 2.05. The third-order valence-electron chi connectivity index (χ3n) is 2.05.